The Bertz CT molecular complexity index is 571. The van der Waals surface area contributed by atoms with Crippen molar-refractivity contribution in [3.8, 4) is 0 Å². The molecule has 0 aliphatic carbocycles. The zero-order valence-corrected chi connectivity index (χ0v) is 15.3. The number of halogens is 1. The summed E-state index contributed by atoms with van der Waals surface area (Å²) in [5.74, 6) is -0.787. The van der Waals surface area contributed by atoms with Crippen LogP contribution in [0.15, 0.2) is 12.1 Å². The highest BCUT2D eigenvalue weighted by molar-refractivity contribution is 5.72. The normalized spacial score (nSPS) is 21.6. The first kappa shape index (κ1) is 19.5. The monoisotopic (exact) mass is 352 g/mol. The van der Waals surface area contributed by atoms with Gasteiger partial charge in [0, 0.05) is 12.6 Å². The Kier molecular flexibility index (Phi) is 7.05. The molecule has 0 amide bonds. The van der Waals surface area contributed by atoms with Crippen LogP contribution in [0.3, 0.4) is 0 Å². The van der Waals surface area contributed by atoms with E-state index in [1.54, 1.807) is 6.07 Å². The topological polar surface area (TPSA) is 73.6 Å². The Balaban J connectivity index is 2.14. The first-order chi connectivity index (χ1) is 12.0. The second-order valence-electron chi connectivity index (χ2n) is 6.62. The van der Waals surface area contributed by atoms with Crippen LogP contribution in [0.4, 0.5) is 15.8 Å². The maximum atomic E-state index is 14.7. The van der Waals surface area contributed by atoms with E-state index in [2.05, 4.69) is 12.2 Å². The summed E-state index contributed by atoms with van der Waals surface area (Å²) in [5.41, 5.74) is 7.56. The molecule has 1 saturated heterocycles. The van der Waals surface area contributed by atoms with Crippen LogP contribution in [0.2, 0.25) is 0 Å². The quantitative estimate of drug-likeness (QED) is 0.576. The molecule has 2 rings (SSSR count). The molecular weight excluding hydrogens is 323 g/mol. The van der Waals surface area contributed by atoms with Crippen molar-refractivity contribution in [1.82, 2.24) is 0 Å². The number of esters is 1. The van der Waals surface area contributed by atoms with Crippen molar-refractivity contribution >= 4 is 17.3 Å². The lowest BCUT2D eigenvalue weighted by molar-refractivity contribution is -0.141. The van der Waals surface area contributed by atoms with E-state index in [-0.39, 0.29) is 36.3 Å². The average Bonchev–Trinajstić information content (AvgIpc) is 2.62. The van der Waals surface area contributed by atoms with Crippen molar-refractivity contribution in [3.05, 3.63) is 23.5 Å². The predicted molar refractivity (Wildman–Crippen MR) is 97.2 cm³/mol. The number of ether oxygens (including phenoxy) is 2. The van der Waals surface area contributed by atoms with Crippen LogP contribution < -0.4 is 11.1 Å². The van der Waals surface area contributed by atoms with Gasteiger partial charge in [-0.3, -0.25) is 4.79 Å². The van der Waals surface area contributed by atoms with Crippen molar-refractivity contribution in [2.45, 2.75) is 64.0 Å². The smallest absolute Gasteiger partial charge is 0.306 e. The number of hydrogen-bond acceptors (Lipinski definition) is 5. The van der Waals surface area contributed by atoms with E-state index in [1.807, 2.05) is 6.92 Å². The zero-order chi connectivity index (χ0) is 18.4. The van der Waals surface area contributed by atoms with Gasteiger partial charge in [-0.25, -0.2) is 4.39 Å². The second-order valence-corrected chi connectivity index (χ2v) is 6.62. The number of carbonyl (C=O) groups is 1. The third kappa shape index (κ3) is 5.08. The largest absolute Gasteiger partial charge is 0.469 e. The molecule has 140 valence electrons. The number of methoxy groups -OCH3 is 1. The number of hydrogen-bond donors (Lipinski definition) is 2. The van der Waals surface area contributed by atoms with Crippen molar-refractivity contribution in [3.63, 3.8) is 0 Å². The molecule has 3 N–H and O–H groups in total. The first-order valence-electron chi connectivity index (χ1n) is 9.02. The maximum absolute atomic E-state index is 14.7. The highest BCUT2D eigenvalue weighted by Gasteiger charge is 2.24. The van der Waals surface area contributed by atoms with Crippen LogP contribution in [0, 0.1) is 5.82 Å². The molecular formula is C19H29FN2O3. The first-order valence-corrected chi connectivity index (χ1v) is 9.02. The van der Waals surface area contributed by atoms with Gasteiger partial charge in [-0.1, -0.05) is 13.8 Å². The third-order valence-corrected chi connectivity index (χ3v) is 4.92. The minimum atomic E-state index is -0.377. The molecule has 3 unspecified atom stereocenters. The van der Waals surface area contributed by atoms with Crippen molar-refractivity contribution in [1.29, 1.82) is 0 Å². The molecule has 1 fully saturated rings. The van der Waals surface area contributed by atoms with Crippen LogP contribution in [-0.4, -0.2) is 31.8 Å². The minimum Gasteiger partial charge on any atom is -0.469 e. The van der Waals surface area contributed by atoms with Crippen LogP contribution in [0.5, 0.6) is 0 Å². The van der Waals surface area contributed by atoms with Gasteiger partial charge in [0.1, 0.15) is 5.82 Å². The molecule has 6 heteroatoms. The van der Waals surface area contributed by atoms with Gasteiger partial charge >= 0.3 is 5.97 Å². The Morgan fingerprint density at radius 2 is 2.24 bits per heavy atom. The predicted octanol–water partition coefficient (Wildman–Crippen LogP) is 3.83. The molecule has 1 heterocycles. The average molecular weight is 352 g/mol. The summed E-state index contributed by atoms with van der Waals surface area (Å²) in [4.78, 5) is 11.5. The fourth-order valence-electron chi connectivity index (χ4n) is 3.32. The van der Waals surface area contributed by atoms with E-state index in [9.17, 15) is 9.18 Å². The molecule has 5 nitrogen and oxygen atoms in total. The highest BCUT2D eigenvalue weighted by atomic mass is 19.1. The third-order valence-electron chi connectivity index (χ3n) is 4.92. The van der Waals surface area contributed by atoms with Gasteiger partial charge < -0.3 is 20.5 Å². The van der Waals surface area contributed by atoms with E-state index < -0.39 is 0 Å². The summed E-state index contributed by atoms with van der Waals surface area (Å²) in [7, 11) is 1.36. The minimum absolute atomic E-state index is 0.106. The fourth-order valence-corrected chi connectivity index (χ4v) is 3.32. The number of anilines is 2. The maximum Gasteiger partial charge on any atom is 0.306 e. The lowest BCUT2D eigenvalue weighted by Gasteiger charge is -2.31. The van der Waals surface area contributed by atoms with E-state index in [4.69, 9.17) is 15.2 Å². The van der Waals surface area contributed by atoms with E-state index in [0.29, 0.717) is 24.4 Å². The summed E-state index contributed by atoms with van der Waals surface area (Å²) >= 11 is 0. The Labute approximate surface area is 149 Å². The summed E-state index contributed by atoms with van der Waals surface area (Å²) in [6, 6.07) is 3.39. The van der Waals surface area contributed by atoms with Gasteiger partial charge in [-0.05, 0) is 49.3 Å². The lowest BCUT2D eigenvalue weighted by atomic mass is 9.92. The molecule has 0 saturated carbocycles. The molecule has 0 spiro atoms. The van der Waals surface area contributed by atoms with Gasteiger partial charge in [0.2, 0.25) is 0 Å². The molecule has 1 aliphatic rings. The molecule has 3 atom stereocenters. The number of benzene rings is 1. The van der Waals surface area contributed by atoms with E-state index >= 15 is 0 Å². The zero-order valence-electron chi connectivity index (χ0n) is 15.3. The molecule has 1 aromatic carbocycles. The number of rotatable bonds is 7. The number of nitrogen functional groups attached to an aromatic ring is 1. The Hall–Kier alpha value is -1.82. The summed E-state index contributed by atoms with van der Waals surface area (Å²) < 4.78 is 25.1. The standard InChI is InChI=1S/C19H29FN2O3/c1-4-12(10-18(23)24-3)13-8-16(20)19(17(21)9-13)22-14-6-7-25-15(5-2)11-14/h8-9,12,14-15,22H,4-7,10-11,21H2,1-3H3. The number of nitrogens with two attached hydrogens (primary N) is 1. The van der Waals surface area contributed by atoms with Crippen LogP contribution in [0.1, 0.15) is 57.4 Å². The SMILES string of the molecule is CCC1CC(Nc2c(N)cc(C(CC)CC(=O)OC)cc2F)CCO1. The summed E-state index contributed by atoms with van der Waals surface area (Å²) in [6.45, 7) is 4.72. The molecule has 0 radical (unpaired) electrons. The van der Waals surface area contributed by atoms with Crippen LogP contribution >= 0.6 is 0 Å². The van der Waals surface area contributed by atoms with Gasteiger partial charge in [0.15, 0.2) is 0 Å². The van der Waals surface area contributed by atoms with Crippen molar-refractivity contribution in [2.75, 3.05) is 24.8 Å². The molecule has 1 aliphatic heterocycles. The molecule has 1 aromatic rings. The van der Waals surface area contributed by atoms with Crippen LogP contribution in [-0.2, 0) is 14.3 Å². The fraction of sp³-hybridized carbons (Fsp3) is 0.632. The van der Waals surface area contributed by atoms with E-state index in [0.717, 1.165) is 24.8 Å². The van der Waals surface area contributed by atoms with E-state index in [1.165, 1.54) is 13.2 Å². The molecule has 0 bridgehead atoms. The number of nitrogens with one attached hydrogen (secondary N) is 1. The van der Waals surface area contributed by atoms with Gasteiger partial charge in [-0.15, -0.1) is 0 Å². The summed E-state index contributed by atoms with van der Waals surface area (Å²) in [5, 5.41) is 3.25. The Morgan fingerprint density at radius 3 is 2.84 bits per heavy atom. The Morgan fingerprint density at radius 1 is 1.48 bits per heavy atom. The van der Waals surface area contributed by atoms with Crippen LogP contribution in [0.25, 0.3) is 0 Å². The van der Waals surface area contributed by atoms with Crippen molar-refractivity contribution in [2.24, 2.45) is 0 Å². The highest BCUT2D eigenvalue weighted by Crippen LogP contribution is 2.33. The van der Waals surface area contributed by atoms with Gasteiger partial charge in [0.25, 0.3) is 0 Å². The van der Waals surface area contributed by atoms with Gasteiger partial charge in [0.05, 0.1) is 31.0 Å². The number of carbonyl (C=O) groups excluding carboxylic acids is 1. The summed E-state index contributed by atoms with van der Waals surface area (Å²) in [6.07, 6.45) is 3.75. The molecule has 25 heavy (non-hydrogen) atoms. The van der Waals surface area contributed by atoms with Gasteiger partial charge in [-0.2, -0.15) is 0 Å². The second kappa shape index (κ2) is 9.04. The lowest BCUT2D eigenvalue weighted by Crippen LogP contribution is -2.34. The van der Waals surface area contributed by atoms with Crippen molar-refractivity contribution < 1.29 is 18.7 Å². The molecule has 0 aromatic heterocycles.